The molecular weight excluding hydrogens is 360 g/mol. The van der Waals surface area contributed by atoms with Gasteiger partial charge in [0, 0.05) is 15.9 Å². The number of nitrogens with two attached hydrogens (primary N) is 1. The zero-order chi connectivity index (χ0) is 14.9. The van der Waals surface area contributed by atoms with Crippen molar-refractivity contribution in [1.82, 2.24) is 4.72 Å². The minimum absolute atomic E-state index is 0.133. The highest BCUT2D eigenvalue weighted by molar-refractivity contribution is 9.10. The first-order valence-corrected chi connectivity index (χ1v) is 9.05. The molecule has 1 heterocycles. The molecule has 0 saturated carbocycles. The number of sulfonamides is 1. The Kier molecular flexibility index (Phi) is 4.53. The Morgan fingerprint density at radius 2 is 1.95 bits per heavy atom. The van der Waals surface area contributed by atoms with Gasteiger partial charge in [0.1, 0.15) is 4.90 Å². The smallest absolute Gasteiger partial charge is 0.242 e. The molecule has 4 nitrogen and oxygen atoms in total. The van der Waals surface area contributed by atoms with Gasteiger partial charge >= 0.3 is 0 Å². The highest BCUT2D eigenvalue weighted by Gasteiger charge is 2.18. The summed E-state index contributed by atoms with van der Waals surface area (Å²) < 4.78 is 28.1. The topological polar surface area (TPSA) is 72.2 Å². The van der Waals surface area contributed by atoms with Crippen LogP contribution in [0.1, 0.15) is 16.0 Å². The van der Waals surface area contributed by atoms with E-state index in [0.29, 0.717) is 0 Å². The quantitative estimate of drug-likeness (QED) is 0.807. The zero-order valence-corrected chi connectivity index (χ0v) is 14.3. The molecule has 1 aromatic heterocycles. The van der Waals surface area contributed by atoms with Crippen LogP contribution in [0.5, 0.6) is 0 Å². The van der Waals surface area contributed by atoms with Crippen LogP contribution in [0, 0.1) is 13.8 Å². The summed E-state index contributed by atoms with van der Waals surface area (Å²) in [6.45, 7) is 4.01. The molecule has 108 valence electrons. The van der Waals surface area contributed by atoms with Crippen LogP contribution in [0.15, 0.2) is 32.9 Å². The fraction of sp³-hybridized carbons (Fsp3) is 0.231. The SMILES string of the molecule is Cc1cc(N)c(S(=O)(=O)NCc2sccc2Br)cc1C. The summed E-state index contributed by atoms with van der Waals surface area (Å²) in [7, 11) is -3.61. The van der Waals surface area contributed by atoms with E-state index >= 15 is 0 Å². The van der Waals surface area contributed by atoms with Crippen LogP contribution < -0.4 is 10.5 Å². The second-order valence-corrected chi connectivity index (χ2v) is 8.08. The number of hydrogen-bond donors (Lipinski definition) is 2. The van der Waals surface area contributed by atoms with Gasteiger partial charge in [0.05, 0.1) is 5.69 Å². The normalized spacial score (nSPS) is 11.8. The number of nitrogens with one attached hydrogen (secondary N) is 1. The van der Waals surface area contributed by atoms with Gasteiger partial charge in [0.15, 0.2) is 0 Å². The molecule has 0 bridgehead atoms. The molecule has 20 heavy (non-hydrogen) atoms. The number of benzene rings is 1. The maximum Gasteiger partial charge on any atom is 0.242 e. The lowest BCUT2D eigenvalue weighted by molar-refractivity contribution is 0.582. The molecule has 0 atom stereocenters. The Balaban J connectivity index is 2.27. The highest BCUT2D eigenvalue weighted by atomic mass is 79.9. The van der Waals surface area contributed by atoms with Gasteiger partial charge in [0.2, 0.25) is 10.0 Å². The summed E-state index contributed by atoms with van der Waals surface area (Å²) in [6.07, 6.45) is 0. The fourth-order valence-electron chi connectivity index (χ4n) is 1.73. The number of anilines is 1. The van der Waals surface area contributed by atoms with Crippen molar-refractivity contribution < 1.29 is 8.42 Å². The second kappa shape index (κ2) is 5.85. The van der Waals surface area contributed by atoms with Gasteiger partial charge in [-0.3, -0.25) is 0 Å². The van der Waals surface area contributed by atoms with Crippen LogP contribution in [0.25, 0.3) is 0 Å². The van der Waals surface area contributed by atoms with Crippen molar-refractivity contribution >= 4 is 43.0 Å². The van der Waals surface area contributed by atoms with E-state index in [9.17, 15) is 8.42 Å². The van der Waals surface area contributed by atoms with Crippen LogP contribution in [-0.4, -0.2) is 8.42 Å². The maximum absolute atomic E-state index is 12.3. The van der Waals surface area contributed by atoms with Crippen LogP contribution in [0.3, 0.4) is 0 Å². The molecule has 2 rings (SSSR count). The van der Waals surface area contributed by atoms with Crippen molar-refractivity contribution in [2.45, 2.75) is 25.3 Å². The predicted molar refractivity (Wildman–Crippen MR) is 86.4 cm³/mol. The first kappa shape index (κ1) is 15.5. The molecule has 0 saturated heterocycles. The Morgan fingerprint density at radius 1 is 1.30 bits per heavy atom. The second-order valence-electron chi connectivity index (χ2n) is 4.49. The van der Waals surface area contributed by atoms with E-state index in [0.717, 1.165) is 20.5 Å². The van der Waals surface area contributed by atoms with Crippen LogP contribution in [-0.2, 0) is 16.6 Å². The Hall–Kier alpha value is -0.890. The van der Waals surface area contributed by atoms with Gasteiger partial charge in [-0.05, 0) is 64.5 Å². The minimum atomic E-state index is -3.61. The Labute approximate surface area is 131 Å². The number of hydrogen-bond acceptors (Lipinski definition) is 4. The number of nitrogen functional groups attached to an aromatic ring is 1. The van der Waals surface area contributed by atoms with Gasteiger partial charge in [-0.2, -0.15) is 0 Å². The first-order chi connectivity index (χ1) is 9.31. The van der Waals surface area contributed by atoms with E-state index in [4.69, 9.17) is 5.73 Å². The van der Waals surface area contributed by atoms with Gasteiger partial charge in [-0.15, -0.1) is 11.3 Å². The van der Waals surface area contributed by atoms with E-state index in [2.05, 4.69) is 20.7 Å². The molecular formula is C13H15BrN2O2S2. The number of thiophene rings is 1. The average molecular weight is 375 g/mol. The summed E-state index contributed by atoms with van der Waals surface area (Å²) in [4.78, 5) is 1.06. The Morgan fingerprint density at radius 3 is 2.55 bits per heavy atom. The lowest BCUT2D eigenvalue weighted by Crippen LogP contribution is -2.24. The lowest BCUT2D eigenvalue weighted by Gasteiger charge is -2.11. The van der Waals surface area contributed by atoms with E-state index in [1.54, 1.807) is 12.1 Å². The van der Waals surface area contributed by atoms with E-state index < -0.39 is 10.0 Å². The number of halogens is 1. The number of rotatable bonds is 4. The molecule has 0 aliphatic heterocycles. The molecule has 0 amide bonds. The van der Waals surface area contributed by atoms with Crippen LogP contribution in [0.2, 0.25) is 0 Å². The lowest BCUT2D eigenvalue weighted by atomic mass is 10.1. The van der Waals surface area contributed by atoms with Gasteiger partial charge in [-0.25, -0.2) is 13.1 Å². The summed E-state index contributed by atoms with van der Waals surface area (Å²) >= 11 is 4.87. The van der Waals surface area contributed by atoms with Crippen molar-refractivity contribution in [3.05, 3.63) is 44.1 Å². The largest absolute Gasteiger partial charge is 0.398 e. The van der Waals surface area contributed by atoms with Gasteiger partial charge in [-0.1, -0.05) is 0 Å². The summed E-state index contributed by atoms with van der Waals surface area (Å²) in [5.74, 6) is 0. The molecule has 7 heteroatoms. The average Bonchev–Trinajstić information content (AvgIpc) is 2.77. The third-order valence-corrected chi connectivity index (χ3v) is 6.41. The predicted octanol–water partition coefficient (Wildman–Crippen LogP) is 3.19. The summed E-state index contributed by atoms with van der Waals surface area (Å²) in [6, 6.07) is 5.18. The highest BCUT2D eigenvalue weighted by Crippen LogP contribution is 2.25. The molecule has 1 aromatic carbocycles. The molecule has 0 fully saturated rings. The zero-order valence-electron chi connectivity index (χ0n) is 11.1. The number of aryl methyl sites for hydroxylation is 2. The molecule has 0 spiro atoms. The first-order valence-electron chi connectivity index (χ1n) is 5.89. The minimum Gasteiger partial charge on any atom is -0.398 e. The molecule has 0 unspecified atom stereocenters. The van der Waals surface area contributed by atoms with E-state index in [1.165, 1.54) is 11.3 Å². The van der Waals surface area contributed by atoms with Crippen molar-refractivity contribution in [3.8, 4) is 0 Å². The van der Waals surface area contributed by atoms with E-state index in [-0.39, 0.29) is 17.1 Å². The van der Waals surface area contributed by atoms with E-state index in [1.807, 2.05) is 25.3 Å². The molecule has 0 radical (unpaired) electrons. The van der Waals surface area contributed by atoms with Crippen molar-refractivity contribution in [2.24, 2.45) is 0 Å². The molecule has 0 aliphatic rings. The molecule has 2 aromatic rings. The van der Waals surface area contributed by atoms with Gasteiger partial charge < -0.3 is 5.73 Å². The third kappa shape index (κ3) is 3.22. The summed E-state index contributed by atoms with van der Waals surface area (Å²) in [5, 5.41) is 1.90. The van der Waals surface area contributed by atoms with Crippen LogP contribution in [0.4, 0.5) is 5.69 Å². The van der Waals surface area contributed by atoms with Gasteiger partial charge in [0.25, 0.3) is 0 Å². The van der Waals surface area contributed by atoms with Crippen molar-refractivity contribution in [3.63, 3.8) is 0 Å². The Bertz CT molecular complexity index is 739. The molecule has 3 N–H and O–H groups in total. The standard InChI is InChI=1S/C13H15BrN2O2S2/c1-8-5-11(15)13(6-9(8)2)20(17,18)16-7-12-10(14)3-4-19-12/h3-6,16H,7,15H2,1-2H3. The molecule has 0 aliphatic carbocycles. The third-order valence-electron chi connectivity index (χ3n) is 3.03. The van der Waals surface area contributed by atoms with Crippen molar-refractivity contribution in [1.29, 1.82) is 0 Å². The van der Waals surface area contributed by atoms with Crippen LogP contribution >= 0.6 is 27.3 Å². The monoisotopic (exact) mass is 374 g/mol. The fourth-order valence-corrected chi connectivity index (χ4v) is 4.45. The maximum atomic E-state index is 12.3. The van der Waals surface area contributed by atoms with Crippen molar-refractivity contribution in [2.75, 3.05) is 5.73 Å². The summed E-state index contributed by atoms with van der Waals surface area (Å²) in [5.41, 5.74) is 7.97.